The standard InChI is InChI=1S/C11H18Si/c1-10(9-12(2)3)11-7-5-4-6-8-11/h4-8,10,12H,9H2,1-3H3. The molecule has 0 bridgehead atoms. The van der Waals surface area contributed by atoms with Gasteiger partial charge in [-0.1, -0.05) is 56.4 Å². The lowest BCUT2D eigenvalue weighted by molar-refractivity contribution is 0.853. The van der Waals surface area contributed by atoms with Crippen molar-refractivity contribution >= 4 is 8.80 Å². The summed E-state index contributed by atoms with van der Waals surface area (Å²) in [4.78, 5) is 0. The van der Waals surface area contributed by atoms with Gasteiger partial charge in [0, 0.05) is 8.80 Å². The van der Waals surface area contributed by atoms with Crippen LogP contribution in [0.4, 0.5) is 0 Å². The second-order valence-corrected chi connectivity index (χ2v) is 7.20. The first-order valence-electron chi connectivity index (χ1n) is 4.75. The average molecular weight is 178 g/mol. The zero-order valence-corrected chi connectivity index (χ0v) is 9.40. The highest BCUT2D eigenvalue weighted by Crippen LogP contribution is 2.20. The molecule has 0 saturated carbocycles. The predicted octanol–water partition coefficient (Wildman–Crippen LogP) is 3.28. The minimum Gasteiger partial charge on any atom is -0.0722 e. The van der Waals surface area contributed by atoms with Gasteiger partial charge < -0.3 is 0 Å². The zero-order chi connectivity index (χ0) is 8.97. The lowest BCUT2D eigenvalue weighted by atomic mass is 10.0. The predicted molar refractivity (Wildman–Crippen MR) is 58.5 cm³/mol. The molecule has 1 heteroatoms. The van der Waals surface area contributed by atoms with E-state index in [2.05, 4.69) is 50.3 Å². The Morgan fingerprint density at radius 3 is 2.25 bits per heavy atom. The van der Waals surface area contributed by atoms with Gasteiger partial charge in [0.1, 0.15) is 0 Å². The summed E-state index contributed by atoms with van der Waals surface area (Å²) in [7, 11) is -0.398. The molecule has 1 rings (SSSR count). The first-order chi connectivity index (χ1) is 5.70. The van der Waals surface area contributed by atoms with Crippen molar-refractivity contribution in [2.75, 3.05) is 0 Å². The van der Waals surface area contributed by atoms with Gasteiger partial charge in [-0.15, -0.1) is 0 Å². The Morgan fingerprint density at radius 1 is 1.17 bits per heavy atom. The van der Waals surface area contributed by atoms with Crippen LogP contribution in [0.25, 0.3) is 0 Å². The van der Waals surface area contributed by atoms with E-state index in [-0.39, 0.29) is 0 Å². The van der Waals surface area contributed by atoms with Crippen molar-refractivity contribution in [1.82, 2.24) is 0 Å². The summed E-state index contributed by atoms with van der Waals surface area (Å²) in [6.45, 7) is 7.17. The molecule has 0 aliphatic heterocycles. The Labute approximate surface area is 77.2 Å². The SMILES string of the molecule is CC(C[SiH](C)C)c1ccccc1. The summed E-state index contributed by atoms with van der Waals surface area (Å²) < 4.78 is 0. The molecule has 0 spiro atoms. The molecule has 0 nitrogen and oxygen atoms in total. The first kappa shape index (κ1) is 9.52. The molecule has 0 aliphatic rings. The van der Waals surface area contributed by atoms with E-state index in [0.29, 0.717) is 0 Å². The van der Waals surface area contributed by atoms with Crippen LogP contribution in [0, 0.1) is 0 Å². The van der Waals surface area contributed by atoms with E-state index in [4.69, 9.17) is 0 Å². The van der Waals surface area contributed by atoms with Crippen LogP contribution in [0.5, 0.6) is 0 Å². The van der Waals surface area contributed by atoms with Gasteiger partial charge >= 0.3 is 0 Å². The number of hydrogen-bond acceptors (Lipinski definition) is 0. The van der Waals surface area contributed by atoms with E-state index in [1.54, 1.807) is 0 Å². The third-order valence-corrected chi connectivity index (χ3v) is 3.84. The van der Waals surface area contributed by atoms with Crippen molar-refractivity contribution in [3.8, 4) is 0 Å². The fourth-order valence-corrected chi connectivity index (χ4v) is 3.31. The van der Waals surface area contributed by atoms with Gasteiger partial charge in [0.05, 0.1) is 0 Å². The van der Waals surface area contributed by atoms with Gasteiger partial charge in [0.25, 0.3) is 0 Å². The third kappa shape index (κ3) is 2.82. The molecular formula is C11H18Si. The lowest BCUT2D eigenvalue weighted by Crippen LogP contribution is -2.05. The van der Waals surface area contributed by atoms with Crippen LogP contribution in [0.1, 0.15) is 18.4 Å². The molecule has 0 fully saturated rings. The van der Waals surface area contributed by atoms with Crippen molar-refractivity contribution in [1.29, 1.82) is 0 Å². The van der Waals surface area contributed by atoms with Crippen LogP contribution in [-0.2, 0) is 0 Å². The normalized spacial score (nSPS) is 13.3. The fourth-order valence-electron chi connectivity index (χ4n) is 1.62. The Kier molecular flexibility index (Phi) is 3.54. The largest absolute Gasteiger partial charge is 0.0722 e. The van der Waals surface area contributed by atoms with Crippen LogP contribution in [-0.4, -0.2) is 8.80 Å². The highest BCUT2D eigenvalue weighted by atomic mass is 28.3. The summed E-state index contributed by atoms with van der Waals surface area (Å²) in [5.41, 5.74) is 1.50. The van der Waals surface area contributed by atoms with Gasteiger partial charge in [-0.05, 0) is 11.5 Å². The van der Waals surface area contributed by atoms with Gasteiger partial charge in [-0.25, -0.2) is 0 Å². The van der Waals surface area contributed by atoms with E-state index in [1.165, 1.54) is 11.6 Å². The minimum absolute atomic E-state index is 0.398. The Bertz CT molecular complexity index is 216. The van der Waals surface area contributed by atoms with Gasteiger partial charge in [-0.2, -0.15) is 0 Å². The van der Waals surface area contributed by atoms with Crippen molar-refractivity contribution < 1.29 is 0 Å². The molecule has 0 saturated heterocycles. The molecular weight excluding hydrogens is 160 g/mol. The maximum Gasteiger partial charge on any atom is 0.0311 e. The Morgan fingerprint density at radius 2 is 1.75 bits per heavy atom. The molecule has 1 atom stereocenters. The van der Waals surface area contributed by atoms with Gasteiger partial charge in [0.2, 0.25) is 0 Å². The second-order valence-electron chi connectivity index (χ2n) is 3.94. The van der Waals surface area contributed by atoms with E-state index >= 15 is 0 Å². The van der Waals surface area contributed by atoms with E-state index in [9.17, 15) is 0 Å². The smallest absolute Gasteiger partial charge is 0.0311 e. The monoisotopic (exact) mass is 178 g/mol. The van der Waals surface area contributed by atoms with Crippen molar-refractivity contribution in [3.05, 3.63) is 35.9 Å². The Balaban J connectivity index is 2.59. The van der Waals surface area contributed by atoms with E-state index in [1.807, 2.05) is 0 Å². The summed E-state index contributed by atoms with van der Waals surface area (Å²) in [5.74, 6) is 0.762. The van der Waals surface area contributed by atoms with Crippen molar-refractivity contribution in [2.24, 2.45) is 0 Å². The van der Waals surface area contributed by atoms with Crippen LogP contribution in [0.3, 0.4) is 0 Å². The molecule has 0 radical (unpaired) electrons. The van der Waals surface area contributed by atoms with Crippen LogP contribution < -0.4 is 0 Å². The molecule has 1 unspecified atom stereocenters. The minimum atomic E-state index is -0.398. The Hall–Kier alpha value is -0.563. The average Bonchev–Trinajstić information content (AvgIpc) is 2.05. The zero-order valence-electron chi connectivity index (χ0n) is 8.25. The molecule has 0 aromatic heterocycles. The van der Waals surface area contributed by atoms with Crippen LogP contribution >= 0.6 is 0 Å². The molecule has 1 aromatic carbocycles. The fraction of sp³-hybridized carbons (Fsp3) is 0.455. The molecule has 0 heterocycles. The number of hydrogen-bond donors (Lipinski definition) is 0. The number of rotatable bonds is 3. The third-order valence-electron chi connectivity index (χ3n) is 2.19. The molecule has 12 heavy (non-hydrogen) atoms. The molecule has 1 aromatic rings. The van der Waals surface area contributed by atoms with Crippen molar-refractivity contribution in [2.45, 2.75) is 32.0 Å². The highest BCUT2D eigenvalue weighted by molar-refractivity contribution is 6.55. The summed E-state index contributed by atoms with van der Waals surface area (Å²) in [6, 6.07) is 12.2. The lowest BCUT2D eigenvalue weighted by Gasteiger charge is -2.12. The van der Waals surface area contributed by atoms with Crippen molar-refractivity contribution in [3.63, 3.8) is 0 Å². The second kappa shape index (κ2) is 4.46. The van der Waals surface area contributed by atoms with Gasteiger partial charge in [-0.3, -0.25) is 0 Å². The highest BCUT2D eigenvalue weighted by Gasteiger charge is 2.06. The summed E-state index contributed by atoms with van der Waals surface area (Å²) >= 11 is 0. The van der Waals surface area contributed by atoms with Gasteiger partial charge in [0.15, 0.2) is 0 Å². The van der Waals surface area contributed by atoms with Crippen LogP contribution in [0.2, 0.25) is 19.1 Å². The molecule has 0 amide bonds. The first-order valence-corrected chi connectivity index (χ1v) is 7.87. The summed E-state index contributed by atoms with van der Waals surface area (Å²) in [6.07, 6.45) is 0. The maximum absolute atomic E-state index is 2.42. The number of benzene rings is 1. The quantitative estimate of drug-likeness (QED) is 0.623. The molecule has 0 N–H and O–H groups in total. The topological polar surface area (TPSA) is 0 Å². The van der Waals surface area contributed by atoms with E-state index in [0.717, 1.165) is 5.92 Å². The van der Waals surface area contributed by atoms with Crippen LogP contribution in [0.15, 0.2) is 30.3 Å². The maximum atomic E-state index is 2.42. The molecule has 0 aliphatic carbocycles. The summed E-state index contributed by atoms with van der Waals surface area (Å²) in [5, 5.41) is 0. The van der Waals surface area contributed by atoms with E-state index < -0.39 is 8.80 Å². The molecule has 66 valence electrons.